The fraction of sp³-hybridized carbons (Fsp3) is 0.160. The van der Waals surface area contributed by atoms with Crippen LogP contribution in [0.5, 0.6) is 5.75 Å². The molecule has 0 saturated carbocycles. The highest BCUT2D eigenvalue weighted by atomic mass is 32.1. The molecule has 0 atom stereocenters. The summed E-state index contributed by atoms with van der Waals surface area (Å²) in [5.74, 6) is 1.67. The van der Waals surface area contributed by atoms with E-state index in [1.165, 1.54) is 11.3 Å². The average molecular weight is 441 g/mol. The van der Waals surface area contributed by atoms with Crippen molar-refractivity contribution < 1.29 is 9.53 Å². The summed E-state index contributed by atoms with van der Waals surface area (Å²) < 4.78 is 6.98. The van der Waals surface area contributed by atoms with Crippen LogP contribution < -0.4 is 4.74 Å². The maximum absolute atomic E-state index is 13.2. The summed E-state index contributed by atoms with van der Waals surface area (Å²) in [6.07, 6.45) is 0. The summed E-state index contributed by atoms with van der Waals surface area (Å²) in [4.78, 5) is 27.4. The van der Waals surface area contributed by atoms with Crippen LogP contribution in [0.4, 0.5) is 0 Å². The number of aryl methyl sites for hydroxylation is 1. The third-order valence-electron chi connectivity index (χ3n) is 5.74. The van der Waals surface area contributed by atoms with Gasteiger partial charge in [0, 0.05) is 12.1 Å². The molecule has 158 valence electrons. The molecular formula is C25H20N4O2S. The number of carbonyl (C=O) groups excluding carboxylic acids is 1. The van der Waals surface area contributed by atoms with Crippen molar-refractivity contribution in [2.45, 2.75) is 13.5 Å². The fourth-order valence-electron chi connectivity index (χ4n) is 4.16. The molecule has 1 aliphatic heterocycles. The van der Waals surface area contributed by atoms with E-state index in [0.717, 1.165) is 49.5 Å². The molecule has 3 aromatic carbocycles. The molecule has 5 aromatic rings. The number of H-pyrrole nitrogens is 1. The molecule has 0 radical (unpaired) electrons. The topological polar surface area (TPSA) is 71.1 Å². The second-order valence-corrected chi connectivity index (χ2v) is 8.97. The number of thiazole rings is 1. The predicted octanol–water partition coefficient (Wildman–Crippen LogP) is 5.18. The van der Waals surface area contributed by atoms with Gasteiger partial charge in [-0.25, -0.2) is 9.97 Å². The first-order valence-corrected chi connectivity index (χ1v) is 11.3. The van der Waals surface area contributed by atoms with E-state index in [1.54, 1.807) is 0 Å². The number of aromatic amines is 1. The van der Waals surface area contributed by atoms with E-state index < -0.39 is 0 Å². The molecule has 3 heterocycles. The molecule has 0 spiro atoms. The number of carbonyl (C=O) groups is 1. The molecule has 2 aromatic heterocycles. The number of nitrogens with one attached hydrogen (secondary N) is 1. The van der Waals surface area contributed by atoms with Crippen LogP contribution in [0, 0.1) is 6.92 Å². The van der Waals surface area contributed by atoms with Crippen LogP contribution in [0.1, 0.15) is 21.2 Å². The quantitative estimate of drug-likeness (QED) is 0.410. The van der Waals surface area contributed by atoms with E-state index in [0.29, 0.717) is 24.7 Å². The summed E-state index contributed by atoms with van der Waals surface area (Å²) in [5.41, 5.74) is 6.00. The lowest BCUT2D eigenvalue weighted by Crippen LogP contribution is -2.32. The monoisotopic (exact) mass is 440 g/mol. The Labute approximate surface area is 188 Å². The van der Waals surface area contributed by atoms with E-state index in [2.05, 4.69) is 39.2 Å². The zero-order chi connectivity index (χ0) is 21.7. The zero-order valence-corrected chi connectivity index (χ0v) is 18.3. The first kappa shape index (κ1) is 19.0. The van der Waals surface area contributed by atoms with E-state index in [1.807, 2.05) is 48.2 Å². The number of hydrogen-bond acceptors (Lipinski definition) is 5. The Morgan fingerprint density at radius 3 is 2.78 bits per heavy atom. The molecular weight excluding hydrogens is 420 g/mol. The summed E-state index contributed by atoms with van der Waals surface area (Å²) in [7, 11) is 0. The maximum atomic E-state index is 13.2. The van der Waals surface area contributed by atoms with Crippen LogP contribution in [-0.2, 0) is 6.54 Å². The number of fused-ring (bicyclic) bond motifs is 3. The number of para-hydroxylation sites is 1. The molecule has 0 unspecified atom stereocenters. The normalized spacial score (nSPS) is 13.7. The highest BCUT2D eigenvalue weighted by Gasteiger charge is 2.24. The van der Waals surface area contributed by atoms with Gasteiger partial charge in [-0.05, 0) is 54.4 Å². The van der Waals surface area contributed by atoms with Gasteiger partial charge in [-0.15, -0.1) is 11.3 Å². The summed E-state index contributed by atoms with van der Waals surface area (Å²) in [6.45, 7) is 3.43. The lowest BCUT2D eigenvalue weighted by atomic mass is 10.0. The van der Waals surface area contributed by atoms with Gasteiger partial charge in [0.05, 0.1) is 27.8 Å². The molecule has 6 nitrogen and oxygen atoms in total. The van der Waals surface area contributed by atoms with Gasteiger partial charge < -0.3 is 14.6 Å². The van der Waals surface area contributed by atoms with Gasteiger partial charge >= 0.3 is 0 Å². The molecule has 0 saturated heterocycles. The highest BCUT2D eigenvalue weighted by Crippen LogP contribution is 2.31. The van der Waals surface area contributed by atoms with E-state index in [-0.39, 0.29) is 5.91 Å². The average Bonchev–Trinajstić information content (AvgIpc) is 3.33. The van der Waals surface area contributed by atoms with Gasteiger partial charge in [-0.2, -0.15) is 0 Å². The van der Waals surface area contributed by atoms with Gasteiger partial charge in [-0.1, -0.05) is 24.3 Å². The molecule has 1 aliphatic rings. The zero-order valence-electron chi connectivity index (χ0n) is 17.5. The molecule has 7 heteroatoms. The Kier molecular flexibility index (Phi) is 4.43. The number of nitrogens with zero attached hydrogens (tertiary/aromatic N) is 3. The minimum Gasteiger partial charge on any atom is -0.491 e. The predicted molar refractivity (Wildman–Crippen MR) is 126 cm³/mol. The van der Waals surface area contributed by atoms with E-state index >= 15 is 0 Å². The molecule has 0 aliphatic carbocycles. The van der Waals surface area contributed by atoms with Crippen molar-refractivity contribution in [3.8, 4) is 16.9 Å². The Balaban J connectivity index is 1.32. The van der Waals surface area contributed by atoms with Gasteiger partial charge in [0.15, 0.2) is 5.01 Å². The van der Waals surface area contributed by atoms with Crippen molar-refractivity contribution in [3.05, 3.63) is 77.1 Å². The SMILES string of the molecule is Cc1nc2ccc(-c3ccc4c(c3)CN(C(=O)c3nc5ccccc5s3)CCO4)cc2[nH]1. The molecule has 32 heavy (non-hydrogen) atoms. The molecule has 1 amide bonds. The van der Waals surface area contributed by atoms with Crippen molar-refractivity contribution >= 4 is 38.5 Å². The number of aromatic nitrogens is 3. The van der Waals surface area contributed by atoms with Gasteiger partial charge in [0.1, 0.15) is 18.2 Å². The Morgan fingerprint density at radius 2 is 1.88 bits per heavy atom. The van der Waals surface area contributed by atoms with Crippen LogP contribution in [0.2, 0.25) is 0 Å². The number of imidazole rings is 1. The molecule has 0 bridgehead atoms. The lowest BCUT2D eigenvalue weighted by Gasteiger charge is -2.18. The standard InChI is InChI=1S/C25H20N4O2S/c1-15-26-19-8-6-17(13-21(19)27-15)16-7-9-22-18(12-16)14-29(10-11-31-22)25(30)24-28-20-4-2-3-5-23(20)32-24/h2-9,12-13H,10-11,14H2,1H3,(H,26,27). The minimum absolute atomic E-state index is 0.0533. The number of ether oxygens (including phenoxy) is 1. The largest absolute Gasteiger partial charge is 0.491 e. The van der Waals surface area contributed by atoms with E-state index in [9.17, 15) is 4.79 Å². The molecule has 6 rings (SSSR count). The molecule has 1 N–H and O–H groups in total. The van der Waals surface area contributed by atoms with E-state index in [4.69, 9.17) is 4.74 Å². The first-order chi connectivity index (χ1) is 15.6. The smallest absolute Gasteiger partial charge is 0.283 e. The molecule has 0 fully saturated rings. The van der Waals surface area contributed by atoms with Crippen molar-refractivity contribution in [1.82, 2.24) is 19.9 Å². The summed E-state index contributed by atoms with van der Waals surface area (Å²) in [6, 6.07) is 20.2. The lowest BCUT2D eigenvalue weighted by molar-refractivity contribution is 0.0733. The number of benzene rings is 3. The minimum atomic E-state index is -0.0533. The van der Waals surface area contributed by atoms with Crippen LogP contribution >= 0.6 is 11.3 Å². The van der Waals surface area contributed by atoms with Gasteiger partial charge in [0.2, 0.25) is 0 Å². The third kappa shape index (κ3) is 3.31. The number of rotatable bonds is 2. The summed E-state index contributed by atoms with van der Waals surface area (Å²) >= 11 is 1.44. The highest BCUT2D eigenvalue weighted by molar-refractivity contribution is 7.20. The van der Waals surface area contributed by atoms with Crippen LogP contribution in [0.15, 0.2) is 60.7 Å². The van der Waals surface area contributed by atoms with Gasteiger partial charge in [-0.3, -0.25) is 4.79 Å². The van der Waals surface area contributed by atoms with Crippen LogP contribution in [0.3, 0.4) is 0 Å². The second kappa shape index (κ2) is 7.46. The fourth-order valence-corrected chi connectivity index (χ4v) is 5.10. The Hall–Kier alpha value is -3.71. The van der Waals surface area contributed by atoms with Crippen molar-refractivity contribution in [1.29, 1.82) is 0 Å². The maximum Gasteiger partial charge on any atom is 0.283 e. The number of hydrogen-bond donors (Lipinski definition) is 1. The second-order valence-electron chi connectivity index (χ2n) is 7.94. The van der Waals surface area contributed by atoms with Crippen molar-refractivity contribution in [2.75, 3.05) is 13.2 Å². The van der Waals surface area contributed by atoms with Crippen LogP contribution in [0.25, 0.3) is 32.4 Å². The summed E-state index contributed by atoms with van der Waals surface area (Å²) in [5, 5.41) is 0.519. The number of amides is 1. The Morgan fingerprint density at radius 1 is 1.03 bits per heavy atom. The Bertz CT molecular complexity index is 1450. The van der Waals surface area contributed by atoms with Crippen molar-refractivity contribution in [2.24, 2.45) is 0 Å². The first-order valence-electron chi connectivity index (χ1n) is 10.5. The third-order valence-corrected chi connectivity index (χ3v) is 6.76. The van der Waals surface area contributed by atoms with Gasteiger partial charge in [0.25, 0.3) is 5.91 Å². The van der Waals surface area contributed by atoms with Crippen molar-refractivity contribution in [3.63, 3.8) is 0 Å². The van der Waals surface area contributed by atoms with Crippen LogP contribution in [-0.4, -0.2) is 38.9 Å².